The van der Waals surface area contributed by atoms with Crippen molar-refractivity contribution in [1.29, 1.82) is 10.5 Å². The molecular weight excluding hydrogens is 253 g/mol. The average Bonchev–Trinajstić information content (AvgIpc) is 2.27. The second-order valence-corrected chi connectivity index (χ2v) is 3.22. The minimum atomic E-state index is -1.73. The highest BCUT2D eigenvalue weighted by atomic mass is 32.1. The third-order valence-electron chi connectivity index (χ3n) is 1.79. The maximum atomic E-state index is 13.6. The Morgan fingerprint density at radius 2 is 1.53 bits per heavy atom. The number of hydrogen-bond acceptors (Lipinski definition) is 3. The zero-order valence-corrected chi connectivity index (χ0v) is 8.83. The van der Waals surface area contributed by atoms with Crippen LogP contribution >= 0.6 is 12.2 Å². The van der Waals surface area contributed by atoms with Crippen LogP contribution in [0.2, 0.25) is 0 Å². The van der Waals surface area contributed by atoms with Crippen molar-refractivity contribution in [2.75, 3.05) is 5.32 Å². The van der Waals surface area contributed by atoms with E-state index in [0.29, 0.717) is 0 Å². The predicted molar refractivity (Wildman–Crippen MR) is 56.2 cm³/mol. The molecule has 0 fully saturated rings. The lowest BCUT2D eigenvalue weighted by atomic mass is 10.1. The fourth-order valence-corrected chi connectivity index (χ4v) is 1.21. The normalized spacial score (nSPS) is 9.24. The Bertz CT molecular complexity index is 586. The summed E-state index contributed by atoms with van der Waals surface area (Å²) in [6, 6.07) is 2.41. The van der Waals surface area contributed by atoms with Gasteiger partial charge in [-0.2, -0.15) is 10.5 Å². The molecule has 0 aliphatic heterocycles. The first kappa shape index (κ1) is 12.7. The molecule has 0 saturated carbocycles. The second-order valence-electron chi connectivity index (χ2n) is 2.78. The Labute approximate surface area is 99.1 Å². The highest BCUT2D eigenvalue weighted by Gasteiger charge is 2.25. The third kappa shape index (κ3) is 2.12. The molecule has 17 heavy (non-hydrogen) atoms. The van der Waals surface area contributed by atoms with Gasteiger partial charge in [-0.05, 0) is 12.2 Å². The molecule has 86 valence electrons. The molecule has 8 heteroatoms. The number of hydrogen-bond donors (Lipinski definition) is 2. The zero-order chi connectivity index (χ0) is 13.2. The van der Waals surface area contributed by atoms with Crippen molar-refractivity contribution in [2.45, 2.75) is 0 Å². The maximum absolute atomic E-state index is 13.6. The molecule has 0 spiro atoms. The number of nitrogens with zero attached hydrogens (tertiary/aromatic N) is 2. The van der Waals surface area contributed by atoms with E-state index in [9.17, 15) is 13.2 Å². The summed E-state index contributed by atoms with van der Waals surface area (Å²) >= 11 is 4.39. The molecule has 0 unspecified atom stereocenters. The lowest BCUT2D eigenvalue weighted by Gasteiger charge is -2.10. The van der Waals surface area contributed by atoms with Crippen molar-refractivity contribution in [1.82, 2.24) is 0 Å². The monoisotopic (exact) mass is 256 g/mol. The van der Waals surface area contributed by atoms with E-state index in [1.165, 1.54) is 6.07 Å². The van der Waals surface area contributed by atoms with E-state index in [4.69, 9.17) is 16.3 Å². The predicted octanol–water partition coefficient (Wildman–Crippen LogP) is 1.50. The van der Waals surface area contributed by atoms with Gasteiger partial charge in [-0.1, -0.05) is 0 Å². The van der Waals surface area contributed by atoms with Gasteiger partial charge in [0.1, 0.15) is 23.3 Å². The summed E-state index contributed by atoms with van der Waals surface area (Å²) in [6.45, 7) is 0. The maximum Gasteiger partial charge on any atom is 0.181 e. The number of anilines is 1. The van der Waals surface area contributed by atoms with E-state index in [-0.39, 0.29) is 0 Å². The summed E-state index contributed by atoms with van der Waals surface area (Å²) in [5.74, 6) is -4.78. The van der Waals surface area contributed by atoms with Crippen LogP contribution in [-0.4, -0.2) is 5.11 Å². The van der Waals surface area contributed by atoms with Gasteiger partial charge in [0.05, 0.1) is 5.69 Å². The van der Waals surface area contributed by atoms with Crippen LogP contribution in [0.4, 0.5) is 18.9 Å². The van der Waals surface area contributed by atoms with Crippen LogP contribution in [0.25, 0.3) is 0 Å². The van der Waals surface area contributed by atoms with Gasteiger partial charge in [-0.25, -0.2) is 13.2 Å². The van der Waals surface area contributed by atoms with E-state index < -0.39 is 39.4 Å². The van der Waals surface area contributed by atoms with Crippen molar-refractivity contribution < 1.29 is 13.2 Å². The molecule has 0 atom stereocenters. The zero-order valence-electron chi connectivity index (χ0n) is 8.01. The molecule has 0 aromatic heterocycles. The molecule has 0 aliphatic carbocycles. The topological polar surface area (TPSA) is 85.6 Å². The molecule has 0 saturated heterocycles. The van der Waals surface area contributed by atoms with Crippen LogP contribution in [0.15, 0.2) is 0 Å². The standard InChI is InChI=1S/C9H3F3N4S/c10-5-3(1-13)7(12)8(16-9(15)17)4(2-14)6(5)11/h(H3,15,16,17). The largest absolute Gasteiger partial charge is 0.376 e. The summed E-state index contributed by atoms with van der Waals surface area (Å²) < 4.78 is 40.0. The van der Waals surface area contributed by atoms with Gasteiger partial charge < -0.3 is 11.1 Å². The fraction of sp³-hybridized carbons (Fsp3) is 0. The van der Waals surface area contributed by atoms with Crippen molar-refractivity contribution in [3.8, 4) is 12.1 Å². The summed E-state index contributed by atoms with van der Waals surface area (Å²) in [6.07, 6.45) is 0. The number of nitrogens with one attached hydrogen (secondary N) is 1. The van der Waals surface area contributed by atoms with Crippen LogP contribution < -0.4 is 11.1 Å². The molecule has 0 radical (unpaired) electrons. The van der Waals surface area contributed by atoms with Crippen molar-refractivity contribution >= 4 is 23.0 Å². The van der Waals surface area contributed by atoms with E-state index in [1.54, 1.807) is 0 Å². The first-order valence-electron chi connectivity index (χ1n) is 4.01. The summed E-state index contributed by atoms with van der Waals surface area (Å²) in [7, 11) is 0. The van der Waals surface area contributed by atoms with Crippen LogP contribution in [0, 0.1) is 40.1 Å². The minimum absolute atomic E-state index is 0.449. The van der Waals surface area contributed by atoms with Crippen LogP contribution in [0.5, 0.6) is 0 Å². The summed E-state index contributed by atoms with van der Waals surface area (Å²) in [5, 5.41) is 18.6. The molecule has 0 aliphatic rings. The van der Waals surface area contributed by atoms with Crippen molar-refractivity contribution in [2.24, 2.45) is 5.73 Å². The third-order valence-corrected chi connectivity index (χ3v) is 1.89. The molecule has 0 heterocycles. The van der Waals surface area contributed by atoms with E-state index >= 15 is 0 Å². The first-order chi connectivity index (χ1) is 7.93. The molecule has 0 bridgehead atoms. The van der Waals surface area contributed by atoms with Gasteiger partial charge in [0.2, 0.25) is 0 Å². The number of halogens is 3. The molecule has 0 amide bonds. The molecule has 3 N–H and O–H groups in total. The molecular formula is C9H3F3N4S. The van der Waals surface area contributed by atoms with E-state index in [2.05, 4.69) is 12.2 Å². The summed E-state index contributed by atoms with van der Waals surface area (Å²) in [4.78, 5) is 0. The number of thiocarbonyl (C=S) groups is 1. The Morgan fingerprint density at radius 3 is 1.94 bits per heavy atom. The molecule has 1 rings (SSSR count). The minimum Gasteiger partial charge on any atom is -0.376 e. The van der Waals surface area contributed by atoms with Crippen molar-refractivity contribution in [3.05, 3.63) is 28.6 Å². The highest BCUT2D eigenvalue weighted by Crippen LogP contribution is 2.28. The van der Waals surface area contributed by atoms with Gasteiger partial charge in [-0.3, -0.25) is 0 Å². The quantitative estimate of drug-likeness (QED) is 0.587. The van der Waals surface area contributed by atoms with Gasteiger partial charge in [0, 0.05) is 0 Å². The second kappa shape index (κ2) is 4.68. The molecule has 4 nitrogen and oxygen atoms in total. The van der Waals surface area contributed by atoms with Gasteiger partial charge in [0.25, 0.3) is 0 Å². The Balaban J connectivity index is 3.70. The number of nitriles is 2. The Kier molecular flexibility index (Phi) is 3.51. The van der Waals surface area contributed by atoms with Crippen LogP contribution in [0.1, 0.15) is 11.1 Å². The van der Waals surface area contributed by atoms with Crippen molar-refractivity contribution in [3.63, 3.8) is 0 Å². The summed E-state index contributed by atoms with van der Waals surface area (Å²) in [5.41, 5.74) is 2.20. The number of benzene rings is 1. The fourth-order valence-electron chi connectivity index (χ4n) is 1.10. The average molecular weight is 256 g/mol. The first-order valence-corrected chi connectivity index (χ1v) is 4.42. The molecule has 1 aromatic rings. The van der Waals surface area contributed by atoms with Gasteiger partial charge in [0.15, 0.2) is 22.6 Å². The van der Waals surface area contributed by atoms with Gasteiger partial charge >= 0.3 is 0 Å². The lowest BCUT2D eigenvalue weighted by Crippen LogP contribution is -2.21. The van der Waals surface area contributed by atoms with Crippen LogP contribution in [0.3, 0.4) is 0 Å². The Hall–Kier alpha value is -2.32. The van der Waals surface area contributed by atoms with E-state index in [1.807, 2.05) is 5.32 Å². The van der Waals surface area contributed by atoms with Gasteiger partial charge in [-0.15, -0.1) is 0 Å². The molecule has 1 aromatic carbocycles. The Morgan fingerprint density at radius 1 is 1.06 bits per heavy atom. The van der Waals surface area contributed by atoms with Crippen LogP contribution in [-0.2, 0) is 0 Å². The van der Waals surface area contributed by atoms with E-state index in [0.717, 1.165) is 6.07 Å². The number of rotatable bonds is 1. The lowest BCUT2D eigenvalue weighted by molar-refractivity contribution is 0.490. The number of nitrogens with two attached hydrogens (primary N) is 1. The highest BCUT2D eigenvalue weighted by molar-refractivity contribution is 7.80. The smallest absolute Gasteiger partial charge is 0.181 e. The SMILES string of the molecule is N#Cc1c(F)c(F)c(C#N)c(NC(N)=S)c1F.